The average molecular weight is 382 g/mol. The quantitative estimate of drug-likeness (QED) is 0.451. The van der Waals surface area contributed by atoms with Crippen molar-refractivity contribution >= 4 is 41.3 Å². The number of aromatic nitrogens is 1. The van der Waals surface area contributed by atoms with Gasteiger partial charge in [-0.3, -0.25) is 4.99 Å². The Balaban J connectivity index is 0.00000289. The number of nitrogens with one attached hydrogen (secondary N) is 1. The van der Waals surface area contributed by atoms with E-state index in [0.29, 0.717) is 11.9 Å². The number of nitrogens with zero attached hydrogens (tertiary/aromatic N) is 2. The number of nitrogens with two attached hydrogens (primary N) is 1. The summed E-state index contributed by atoms with van der Waals surface area (Å²) in [5, 5.41) is 6.41. The summed E-state index contributed by atoms with van der Waals surface area (Å²) in [5.41, 5.74) is 6.87. The van der Waals surface area contributed by atoms with Gasteiger partial charge in [0.25, 0.3) is 0 Å². The molecule has 0 aromatic carbocycles. The maximum Gasteiger partial charge on any atom is 0.188 e. The summed E-state index contributed by atoms with van der Waals surface area (Å²) in [7, 11) is 0. The first kappa shape index (κ1) is 17.6. The number of aliphatic imine (C=N–C) groups is 1. The lowest BCUT2D eigenvalue weighted by atomic mass is 10.2. The van der Waals surface area contributed by atoms with Gasteiger partial charge in [-0.05, 0) is 12.3 Å². The first-order chi connectivity index (χ1) is 8.11. The summed E-state index contributed by atoms with van der Waals surface area (Å²) >= 11 is 1.72. The van der Waals surface area contributed by atoms with Crippen molar-refractivity contribution < 1.29 is 0 Å². The molecule has 0 atom stereocenters. The van der Waals surface area contributed by atoms with Crippen LogP contribution in [-0.4, -0.2) is 24.0 Å². The van der Waals surface area contributed by atoms with Gasteiger partial charge in [0, 0.05) is 24.9 Å². The normalized spacial score (nSPS) is 11.4. The largest absolute Gasteiger partial charge is 0.370 e. The van der Waals surface area contributed by atoms with E-state index in [1.165, 1.54) is 5.01 Å². The van der Waals surface area contributed by atoms with Crippen LogP contribution in [0.5, 0.6) is 0 Å². The number of hydrogen-bond donors (Lipinski definition) is 2. The lowest BCUT2D eigenvalue weighted by Gasteiger charge is -2.05. The second kappa shape index (κ2) is 9.55. The maximum absolute atomic E-state index is 5.74. The minimum Gasteiger partial charge on any atom is -0.370 e. The van der Waals surface area contributed by atoms with Gasteiger partial charge in [0.05, 0.1) is 10.7 Å². The van der Waals surface area contributed by atoms with Crippen LogP contribution in [0.2, 0.25) is 0 Å². The van der Waals surface area contributed by atoms with Crippen molar-refractivity contribution in [1.82, 2.24) is 10.3 Å². The van der Waals surface area contributed by atoms with Crippen LogP contribution in [0.3, 0.4) is 0 Å². The predicted molar refractivity (Wildman–Crippen MR) is 89.9 cm³/mol. The Morgan fingerprint density at radius 2 is 2.28 bits per heavy atom. The van der Waals surface area contributed by atoms with E-state index in [1.807, 2.05) is 0 Å². The summed E-state index contributed by atoms with van der Waals surface area (Å²) in [4.78, 5) is 8.74. The van der Waals surface area contributed by atoms with Crippen LogP contribution in [0.25, 0.3) is 0 Å². The maximum atomic E-state index is 5.74. The molecule has 1 aromatic rings. The fraction of sp³-hybridized carbons (Fsp3) is 0.667. The molecule has 1 heterocycles. The fourth-order valence-electron chi connectivity index (χ4n) is 1.28. The van der Waals surface area contributed by atoms with Crippen LogP contribution in [0.15, 0.2) is 10.4 Å². The molecular weight excluding hydrogens is 359 g/mol. The van der Waals surface area contributed by atoms with E-state index < -0.39 is 0 Å². The zero-order valence-electron chi connectivity index (χ0n) is 11.3. The second-order valence-corrected chi connectivity index (χ2v) is 5.33. The lowest BCUT2D eigenvalue weighted by Crippen LogP contribution is -2.33. The summed E-state index contributed by atoms with van der Waals surface area (Å²) < 4.78 is 0. The topological polar surface area (TPSA) is 63.3 Å². The van der Waals surface area contributed by atoms with E-state index in [-0.39, 0.29) is 24.0 Å². The lowest BCUT2D eigenvalue weighted by molar-refractivity contribution is 0.661. The molecule has 0 aliphatic heterocycles. The van der Waals surface area contributed by atoms with Gasteiger partial charge < -0.3 is 11.1 Å². The molecule has 0 radical (unpaired) electrons. The van der Waals surface area contributed by atoms with E-state index in [9.17, 15) is 0 Å². The minimum atomic E-state index is 0. The van der Waals surface area contributed by atoms with Gasteiger partial charge in [-0.1, -0.05) is 20.8 Å². The van der Waals surface area contributed by atoms with Crippen LogP contribution in [0.4, 0.5) is 0 Å². The monoisotopic (exact) mass is 382 g/mol. The van der Waals surface area contributed by atoms with Gasteiger partial charge in [-0.2, -0.15) is 0 Å². The Morgan fingerprint density at radius 3 is 2.83 bits per heavy atom. The first-order valence-electron chi connectivity index (χ1n) is 6.08. The Bertz CT molecular complexity index is 363. The third kappa shape index (κ3) is 7.15. The number of thiazole rings is 1. The third-order valence-corrected chi connectivity index (χ3v) is 3.26. The van der Waals surface area contributed by atoms with Crippen molar-refractivity contribution in [2.75, 3.05) is 13.1 Å². The summed E-state index contributed by atoms with van der Waals surface area (Å²) in [6.45, 7) is 7.93. The molecule has 0 aliphatic carbocycles. The number of halogens is 1. The van der Waals surface area contributed by atoms with E-state index >= 15 is 0 Å². The van der Waals surface area contributed by atoms with Gasteiger partial charge >= 0.3 is 0 Å². The van der Waals surface area contributed by atoms with Crippen LogP contribution in [-0.2, 0) is 12.8 Å². The molecule has 0 unspecified atom stereocenters. The molecule has 0 aliphatic rings. The second-order valence-electron chi connectivity index (χ2n) is 4.38. The molecule has 0 bridgehead atoms. The first-order valence-corrected chi connectivity index (χ1v) is 6.96. The van der Waals surface area contributed by atoms with Crippen LogP contribution >= 0.6 is 35.3 Å². The zero-order chi connectivity index (χ0) is 12.7. The van der Waals surface area contributed by atoms with Crippen molar-refractivity contribution in [3.8, 4) is 0 Å². The highest BCUT2D eigenvalue weighted by molar-refractivity contribution is 14.0. The molecule has 0 saturated heterocycles. The smallest absolute Gasteiger partial charge is 0.188 e. The molecule has 4 nitrogen and oxygen atoms in total. The Morgan fingerprint density at radius 1 is 1.56 bits per heavy atom. The van der Waals surface area contributed by atoms with E-state index in [4.69, 9.17) is 5.73 Å². The summed E-state index contributed by atoms with van der Waals surface area (Å²) in [6, 6.07) is 0. The van der Waals surface area contributed by atoms with Crippen molar-refractivity contribution in [3.63, 3.8) is 0 Å². The molecular formula is C12H23IN4S. The van der Waals surface area contributed by atoms with Crippen molar-refractivity contribution in [1.29, 1.82) is 0 Å². The van der Waals surface area contributed by atoms with Crippen LogP contribution < -0.4 is 11.1 Å². The highest BCUT2D eigenvalue weighted by Crippen LogP contribution is 2.09. The summed E-state index contributed by atoms with van der Waals surface area (Å²) in [5.74, 6) is 1.07. The van der Waals surface area contributed by atoms with Gasteiger partial charge in [0.2, 0.25) is 0 Å². The highest BCUT2D eigenvalue weighted by atomic mass is 127. The van der Waals surface area contributed by atoms with Gasteiger partial charge in [0.1, 0.15) is 0 Å². The molecule has 1 aromatic heterocycles. The molecule has 0 spiro atoms. The van der Waals surface area contributed by atoms with E-state index in [1.54, 1.807) is 11.3 Å². The summed E-state index contributed by atoms with van der Waals surface area (Å²) in [6.07, 6.45) is 1.91. The number of hydrogen-bond acceptors (Lipinski definition) is 3. The Labute approximate surface area is 131 Å². The molecule has 0 saturated carbocycles. The third-order valence-electron chi connectivity index (χ3n) is 2.22. The van der Waals surface area contributed by atoms with Crippen molar-refractivity contribution in [3.05, 3.63) is 16.1 Å². The van der Waals surface area contributed by atoms with Crippen LogP contribution in [0, 0.1) is 5.92 Å². The standard InChI is InChI=1S/C12H22N4S.HI/c1-4-11-16-10(8-17-11)5-6-14-12(13)15-7-9(2)3;/h8-9H,4-7H2,1-3H3,(H3,13,14,15);1H. The van der Waals surface area contributed by atoms with Gasteiger partial charge in [-0.25, -0.2) is 4.98 Å². The van der Waals surface area contributed by atoms with Crippen LogP contribution in [0.1, 0.15) is 31.5 Å². The Kier molecular flexibility index (Phi) is 9.35. The van der Waals surface area contributed by atoms with Crippen molar-refractivity contribution in [2.45, 2.75) is 33.6 Å². The predicted octanol–water partition coefficient (Wildman–Crippen LogP) is 2.43. The van der Waals surface area contributed by atoms with Gasteiger partial charge in [-0.15, -0.1) is 35.3 Å². The zero-order valence-corrected chi connectivity index (χ0v) is 14.4. The van der Waals surface area contributed by atoms with Gasteiger partial charge in [0.15, 0.2) is 5.96 Å². The molecule has 0 fully saturated rings. The molecule has 1 rings (SSSR count). The number of guanidine groups is 1. The van der Waals surface area contributed by atoms with Crippen molar-refractivity contribution in [2.24, 2.45) is 16.6 Å². The highest BCUT2D eigenvalue weighted by Gasteiger charge is 2.00. The average Bonchev–Trinajstić information content (AvgIpc) is 2.74. The fourth-order valence-corrected chi connectivity index (χ4v) is 2.06. The molecule has 18 heavy (non-hydrogen) atoms. The van der Waals surface area contributed by atoms with E-state index in [2.05, 4.69) is 41.4 Å². The minimum absolute atomic E-state index is 0. The molecule has 104 valence electrons. The number of aryl methyl sites for hydroxylation is 1. The number of rotatable bonds is 6. The molecule has 6 heteroatoms. The molecule has 3 N–H and O–H groups in total. The van der Waals surface area contributed by atoms with E-state index in [0.717, 1.165) is 31.6 Å². The SMILES string of the molecule is CCc1nc(CCNC(N)=NCC(C)C)cs1.I. The molecule has 0 amide bonds. The Hall–Kier alpha value is -0.370.